The summed E-state index contributed by atoms with van der Waals surface area (Å²) in [6, 6.07) is 7.98. The van der Waals surface area contributed by atoms with Gasteiger partial charge in [-0.15, -0.1) is 11.3 Å². The van der Waals surface area contributed by atoms with Gasteiger partial charge in [0, 0.05) is 4.47 Å². The molecule has 0 bridgehead atoms. The molecule has 0 aliphatic carbocycles. The van der Waals surface area contributed by atoms with Gasteiger partial charge < -0.3 is 10.5 Å². The molecule has 90 valence electrons. The molecule has 2 aromatic rings. The third-order valence-electron chi connectivity index (χ3n) is 2.53. The third-order valence-corrected chi connectivity index (χ3v) is 4.43. The molecule has 0 aliphatic heterocycles. The minimum Gasteiger partial charge on any atom is -0.486 e. The van der Waals surface area contributed by atoms with E-state index in [9.17, 15) is 0 Å². The fourth-order valence-corrected chi connectivity index (χ4v) is 2.90. The van der Waals surface area contributed by atoms with Crippen LogP contribution in [0.1, 0.15) is 17.4 Å². The predicted molar refractivity (Wildman–Crippen MR) is 76.6 cm³/mol. The van der Waals surface area contributed by atoms with Crippen molar-refractivity contribution in [2.24, 2.45) is 0 Å². The zero-order valence-electron chi connectivity index (χ0n) is 9.57. The lowest BCUT2D eigenvalue weighted by atomic mass is 10.1. The van der Waals surface area contributed by atoms with Crippen molar-refractivity contribution >= 4 is 33.0 Å². The third kappa shape index (κ3) is 3.01. The van der Waals surface area contributed by atoms with Gasteiger partial charge in [-0.1, -0.05) is 13.0 Å². The average Bonchev–Trinajstić information content (AvgIpc) is 2.73. The van der Waals surface area contributed by atoms with Crippen LogP contribution in [-0.4, -0.2) is 0 Å². The zero-order chi connectivity index (χ0) is 12.3. The van der Waals surface area contributed by atoms with E-state index in [0.717, 1.165) is 16.6 Å². The first kappa shape index (κ1) is 12.5. The van der Waals surface area contributed by atoms with Gasteiger partial charge in [-0.2, -0.15) is 0 Å². The van der Waals surface area contributed by atoms with Crippen LogP contribution in [0.4, 0.5) is 5.69 Å². The van der Waals surface area contributed by atoms with Crippen LogP contribution in [0, 0.1) is 0 Å². The Labute approximate surface area is 114 Å². The van der Waals surface area contributed by atoms with Crippen LogP contribution >= 0.6 is 27.3 Å². The van der Waals surface area contributed by atoms with Crippen molar-refractivity contribution in [3.63, 3.8) is 0 Å². The molecule has 0 radical (unpaired) electrons. The van der Waals surface area contributed by atoms with Crippen molar-refractivity contribution in [3.05, 3.63) is 44.6 Å². The molecule has 17 heavy (non-hydrogen) atoms. The summed E-state index contributed by atoms with van der Waals surface area (Å²) in [5.41, 5.74) is 7.88. The summed E-state index contributed by atoms with van der Waals surface area (Å²) in [4.78, 5) is 1.17. The van der Waals surface area contributed by atoms with Gasteiger partial charge >= 0.3 is 0 Å². The first-order valence-electron chi connectivity index (χ1n) is 5.43. The summed E-state index contributed by atoms with van der Waals surface area (Å²) in [7, 11) is 0. The Hall–Kier alpha value is -1.00. The Morgan fingerprint density at radius 1 is 1.35 bits per heavy atom. The topological polar surface area (TPSA) is 35.2 Å². The van der Waals surface area contributed by atoms with E-state index in [1.807, 2.05) is 23.6 Å². The normalized spacial score (nSPS) is 10.5. The SMILES string of the molecule is CCc1ccc(OCc2sccc2Br)c(N)c1. The van der Waals surface area contributed by atoms with Crippen molar-refractivity contribution in [3.8, 4) is 5.75 Å². The van der Waals surface area contributed by atoms with E-state index < -0.39 is 0 Å². The molecule has 0 saturated carbocycles. The number of ether oxygens (including phenoxy) is 1. The Bertz CT molecular complexity index is 510. The van der Waals surface area contributed by atoms with Crippen molar-refractivity contribution in [2.45, 2.75) is 20.0 Å². The minimum absolute atomic E-state index is 0.550. The summed E-state index contributed by atoms with van der Waals surface area (Å²) in [5, 5.41) is 2.03. The van der Waals surface area contributed by atoms with Gasteiger partial charge in [-0.05, 0) is 51.5 Å². The van der Waals surface area contributed by atoms with Crippen LogP contribution in [0.5, 0.6) is 5.75 Å². The summed E-state index contributed by atoms with van der Waals surface area (Å²) < 4.78 is 6.81. The monoisotopic (exact) mass is 311 g/mol. The zero-order valence-corrected chi connectivity index (χ0v) is 12.0. The Morgan fingerprint density at radius 2 is 2.18 bits per heavy atom. The standard InChI is InChI=1S/C13H14BrNOS/c1-2-9-3-4-12(11(15)7-9)16-8-13-10(14)5-6-17-13/h3-7H,2,8,15H2,1H3. The summed E-state index contributed by atoms with van der Waals surface area (Å²) in [6.07, 6.45) is 0.987. The van der Waals surface area contributed by atoms with Gasteiger partial charge in [0.2, 0.25) is 0 Å². The maximum Gasteiger partial charge on any atom is 0.142 e. The smallest absolute Gasteiger partial charge is 0.142 e. The van der Waals surface area contributed by atoms with Crippen LogP contribution in [0.2, 0.25) is 0 Å². The summed E-state index contributed by atoms with van der Waals surface area (Å²) in [6.45, 7) is 2.66. The molecule has 0 aliphatic rings. The highest BCUT2D eigenvalue weighted by atomic mass is 79.9. The molecule has 0 amide bonds. The van der Waals surface area contributed by atoms with Gasteiger partial charge in [-0.25, -0.2) is 0 Å². The molecule has 1 aromatic carbocycles. The Morgan fingerprint density at radius 3 is 2.76 bits per heavy atom. The molecular formula is C13H14BrNOS. The lowest BCUT2D eigenvalue weighted by molar-refractivity contribution is 0.311. The molecule has 0 fully saturated rings. The predicted octanol–water partition coefficient (Wildman–Crippen LogP) is 4.23. The molecular weight excluding hydrogens is 298 g/mol. The molecule has 1 heterocycles. The van der Waals surface area contributed by atoms with E-state index in [1.165, 1.54) is 10.4 Å². The second-order valence-electron chi connectivity index (χ2n) is 3.71. The molecule has 0 atom stereocenters. The van der Waals surface area contributed by atoms with Crippen LogP contribution in [-0.2, 0) is 13.0 Å². The highest BCUT2D eigenvalue weighted by Gasteiger charge is 2.05. The maximum atomic E-state index is 5.94. The van der Waals surface area contributed by atoms with E-state index in [-0.39, 0.29) is 0 Å². The first-order valence-corrected chi connectivity index (χ1v) is 7.11. The molecule has 0 saturated heterocycles. The van der Waals surface area contributed by atoms with Gasteiger partial charge in [0.15, 0.2) is 0 Å². The van der Waals surface area contributed by atoms with E-state index in [0.29, 0.717) is 12.3 Å². The summed E-state index contributed by atoms with van der Waals surface area (Å²) >= 11 is 5.15. The highest BCUT2D eigenvalue weighted by Crippen LogP contribution is 2.27. The Balaban J connectivity index is 2.07. The number of hydrogen-bond donors (Lipinski definition) is 1. The van der Waals surface area contributed by atoms with Crippen LogP contribution in [0.15, 0.2) is 34.1 Å². The number of rotatable bonds is 4. The molecule has 0 unspecified atom stereocenters. The largest absolute Gasteiger partial charge is 0.486 e. The minimum atomic E-state index is 0.550. The molecule has 4 heteroatoms. The van der Waals surface area contributed by atoms with Gasteiger partial charge in [-0.3, -0.25) is 0 Å². The van der Waals surface area contributed by atoms with Crippen LogP contribution in [0.3, 0.4) is 0 Å². The first-order chi connectivity index (χ1) is 8.20. The fourth-order valence-electron chi connectivity index (χ4n) is 1.52. The van der Waals surface area contributed by atoms with Crippen molar-refractivity contribution in [2.75, 3.05) is 5.73 Å². The molecule has 2 nitrogen and oxygen atoms in total. The van der Waals surface area contributed by atoms with Crippen LogP contribution < -0.4 is 10.5 Å². The lowest BCUT2D eigenvalue weighted by Gasteiger charge is -2.09. The Kier molecular flexibility index (Phi) is 4.07. The molecule has 1 aromatic heterocycles. The molecule has 2 N–H and O–H groups in total. The summed E-state index contributed by atoms with van der Waals surface area (Å²) in [5.74, 6) is 0.752. The van der Waals surface area contributed by atoms with Crippen molar-refractivity contribution in [1.29, 1.82) is 0 Å². The number of hydrogen-bond acceptors (Lipinski definition) is 3. The average molecular weight is 312 g/mol. The highest BCUT2D eigenvalue weighted by molar-refractivity contribution is 9.10. The van der Waals surface area contributed by atoms with Crippen molar-refractivity contribution < 1.29 is 4.74 Å². The van der Waals surface area contributed by atoms with Gasteiger partial charge in [0.05, 0.1) is 10.6 Å². The van der Waals surface area contributed by atoms with E-state index in [2.05, 4.69) is 28.9 Å². The number of thiophene rings is 1. The van der Waals surface area contributed by atoms with Crippen LogP contribution in [0.25, 0.3) is 0 Å². The van der Waals surface area contributed by atoms with E-state index >= 15 is 0 Å². The van der Waals surface area contributed by atoms with E-state index in [4.69, 9.17) is 10.5 Å². The molecule has 2 rings (SSSR count). The van der Waals surface area contributed by atoms with E-state index in [1.54, 1.807) is 11.3 Å². The number of nitrogens with two attached hydrogens (primary N) is 1. The van der Waals surface area contributed by atoms with Crippen molar-refractivity contribution in [1.82, 2.24) is 0 Å². The van der Waals surface area contributed by atoms with Gasteiger partial charge in [0.1, 0.15) is 12.4 Å². The second kappa shape index (κ2) is 5.56. The fraction of sp³-hybridized carbons (Fsp3) is 0.231. The van der Waals surface area contributed by atoms with Gasteiger partial charge in [0.25, 0.3) is 0 Å². The lowest BCUT2D eigenvalue weighted by Crippen LogP contribution is -1.98. The number of nitrogen functional groups attached to an aromatic ring is 1. The number of anilines is 1. The maximum absolute atomic E-state index is 5.94. The molecule has 0 spiro atoms. The number of benzene rings is 1. The number of aryl methyl sites for hydroxylation is 1. The quantitative estimate of drug-likeness (QED) is 0.857. The number of halogens is 1. The second-order valence-corrected chi connectivity index (χ2v) is 5.56.